The monoisotopic (exact) mass is 292 g/mol. The molecule has 2 aromatic carbocycles. The van der Waals surface area contributed by atoms with Crippen molar-refractivity contribution in [2.45, 2.75) is 6.92 Å². The Kier molecular flexibility index (Phi) is 4.37. The van der Waals surface area contributed by atoms with Crippen LogP contribution in [0.1, 0.15) is 5.56 Å². The molecule has 0 heterocycles. The number of nitrogen functional groups attached to an aromatic ring is 1. The van der Waals surface area contributed by atoms with Crippen molar-refractivity contribution in [3.05, 3.63) is 53.6 Å². The maximum Gasteiger partial charge on any atom is 0.262 e. The molecule has 0 fully saturated rings. The largest absolute Gasteiger partial charge is 0.483 e. The first kappa shape index (κ1) is 14.8. The molecule has 0 saturated carbocycles. The summed E-state index contributed by atoms with van der Waals surface area (Å²) in [6.07, 6.45) is 0. The topological polar surface area (TPSA) is 64.3 Å². The minimum atomic E-state index is -0.841. The number of rotatable bonds is 4. The third kappa shape index (κ3) is 3.68. The molecule has 0 saturated heterocycles. The molecule has 0 aliphatic carbocycles. The second kappa shape index (κ2) is 6.21. The highest BCUT2D eigenvalue weighted by atomic mass is 19.1. The van der Waals surface area contributed by atoms with Crippen LogP contribution in [0, 0.1) is 18.6 Å². The van der Waals surface area contributed by atoms with Gasteiger partial charge < -0.3 is 15.8 Å². The van der Waals surface area contributed by atoms with Gasteiger partial charge in [-0.2, -0.15) is 0 Å². The van der Waals surface area contributed by atoms with Gasteiger partial charge in [0.1, 0.15) is 23.1 Å². The highest BCUT2D eigenvalue weighted by Crippen LogP contribution is 2.21. The van der Waals surface area contributed by atoms with Gasteiger partial charge in [0.15, 0.2) is 6.61 Å². The van der Waals surface area contributed by atoms with E-state index in [1.165, 1.54) is 6.07 Å². The fraction of sp³-hybridized carbons (Fsp3) is 0.133. The Bertz CT molecular complexity index is 654. The fourth-order valence-electron chi connectivity index (χ4n) is 1.77. The molecule has 0 unspecified atom stereocenters. The van der Waals surface area contributed by atoms with Crippen molar-refractivity contribution >= 4 is 17.3 Å². The van der Waals surface area contributed by atoms with E-state index in [-0.39, 0.29) is 6.61 Å². The van der Waals surface area contributed by atoms with Crippen molar-refractivity contribution < 1.29 is 18.3 Å². The van der Waals surface area contributed by atoms with E-state index in [2.05, 4.69) is 5.32 Å². The molecule has 0 spiro atoms. The summed E-state index contributed by atoms with van der Waals surface area (Å²) >= 11 is 0. The van der Waals surface area contributed by atoms with E-state index in [0.29, 0.717) is 11.4 Å². The van der Waals surface area contributed by atoms with Gasteiger partial charge in [0.05, 0.1) is 0 Å². The van der Waals surface area contributed by atoms with Crippen molar-refractivity contribution in [2.24, 2.45) is 0 Å². The maximum atomic E-state index is 13.4. The molecular formula is C15H14F2N2O2. The molecule has 0 bridgehead atoms. The zero-order valence-corrected chi connectivity index (χ0v) is 11.3. The van der Waals surface area contributed by atoms with Crippen LogP contribution in [0.5, 0.6) is 5.75 Å². The van der Waals surface area contributed by atoms with E-state index in [1.54, 1.807) is 25.1 Å². The predicted octanol–water partition coefficient (Wildman–Crippen LogP) is 2.87. The zero-order valence-electron chi connectivity index (χ0n) is 11.3. The quantitative estimate of drug-likeness (QED) is 0.852. The van der Waals surface area contributed by atoms with Gasteiger partial charge in [0.25, 0.3) is 5.91 Å². The molecule has 6 heteroatoms. The summed E-state index contributed by atoms with van der Waals surface area (Å²) in [5, 5.41) is 2.14. The lowest BCUT2D eigenvalue weighted by atomic mass is 10.2. The van der Waals surface area contributed by atoms with Gasteiger partial charge in [-0.3, -0.25) is 4.79 Å². The minimum Gasteiger partial charge on any atom is -0.483 e. The smallest absolute Gasteiger partial charge is 0.262 e. The zero-order chi connectivity index (χ0) is 15.4. The van der Waals surface area contributed by atoms with Crippen molar-refractivity contribution in [1.29, 1.82) is 0 Å². The Hall–Kier alpha value is -2.63. The molecule has 0 radical (unpaired) electrons. The molecule has 21 heavy (non-hydrogen) atoms. The highest BCUT2D eigenvalue weighted by Gasteiger charge is 2.12. The van der Waals surface area contributed by atoms with Crippen LogP contribution in [0.3, 0.4) is 0 Å². The molecular weight excluding hydrogens is 278 g/mol. The van der Waals surface area contributed by atoms with Gasteiger partial charge in [0, 0.05) is 5.69 Å². The molecule has 0 aliphatic heterocycles. The fourth-order valence-corrected chi connectivity index (χ4v) is 1.77. The SMILES string of the molecule is Cc1cc(N)ccc1OCC(=O)Nc1c(F)cccc1F. The second-order valence-corrected chi connectivity index (χ2v) is 4.46. The average Bonchev–Trinajstić information content (AvgIpc) is 2.42. The Labute approximate surface area is 120 Å². The maximum absolute atomic E-state index is 13.4. The second-order valence-electron chi connectivity index (χ2n) is 4.46. The van der Waals surface area contributed by atoms with Gasteiger partial charge in [-0.1, -0.05) is 6.07 Å². The lowest BCUT2D eigenvalue weighted by Crippen LogP contribution is -2.21. The number of hydrogen-bond acceptors (Lipinski definition) is 3. The van der Waals surface area contributed by atoms with Gasteiger partial charge in [-0.15, -0.1) is 0 Å². The third-order valence-electron chi connectivity index (χ3n) is 2.78. The van der Waals surface area contributed by atoms with Crippen LogP contribution in [0.15, 0.2) is 36.4 Å². The molecule has 2 aromatic rings. The number of aryl methyl sites for hydroxylation is 1. The third-order valence-corrected chi connectivity index (χ3v) is 2.78. The summed E-state index contributed by atoms with van der Waals surface area (Å²) in [6, 6.07) is 8.30. The summed E-state index contributed by atoms with van der Waals surface area (Å²) in [5.41, 5.74) is 6.46. The molecule has 2 rings (SSSR count). The van der Waals surface area contributed by atoms with Gasteiger partial charge in [0.2, 0.25) is 0 Å². The highest BCUT2D eigenvalue weighted by molar-refractivity contribution is 5.92. The van der Waals surface area contributed by atoms with E-state index in [1.807, 2.05) is 0 Å². The van der Waals surface area contributed by atoms with Gasteiger partial charge in [-0.05, 0) is 42.8 Å². The van der Waals surface area contributed by atoms with Crippen LogP contribution >= 0.6 is 0 Å². The van der Waals surface area contributed by atoms with Crippen LogP contribution in [-0.4, -0.2) is 12.5 Å². The lowest BCUT2D eigenvalue weighted by molar-refractivity contribution is -0.118. The Morgan fingerprint density at radius 3 is 2.52 bits per heavy atom. The number of hydrogen-bond donors (Lipinski definition) is 2. The number of carbonyl (C=O) groups is 1. The number of ether oxygens (including phenoxy) is 1. The normalized spacial score (nSPS) is 10.2. The van der Waals surface area contributed by atoms with Crippen LogP contribution in [-0.2, 0) is 4.79 Å². The minimum absolute atomic E-state index is 0.363. The molecule has 1 amide bonds. The number of amides is 1. The van der Waals surface area contributed by atoms with E-state index < -0.39 is 23.2 Å². The van der Waals surface area contributed by atoms with Crippen molar-refractivity contribution in [3.63, 3.8) is 0 Å². The number of nitrogens with one attached hydrogen (secondary N) is 1. The molecule has 0 aromatic heterocycles. The first-order valence-electron chi connectivity index (χ1n) is 6.20. The number of carbonyl (C=O) groups excluding carboxylic acids is 1. The number of benzene rings is 2. The van der Waals surface area contributed by atoms with Crippen LogP contribution in [0.2, 0.25) is 0 Å². The number of para-hydroxylation sites is 1. The van der Waals surface area contributed by atoms with Crippen LogP contribution in [0.4, 0.5) is 20.2 Å². The van der Waals surface area contributed by atoms with Crippen LogP contribution < -0.4 is 15.8 Å². The lowest BCUT2D eigenvalue weighted by Gasteiger charge is -2.11. The Morgan fingerprint density at radius 2 is 1.90 bits per heavy atom. The summed E-state index contributed by atoms with van der Waals surface area (Å²) in [6.45, 7) is 1.42. The van der Waals surface area contributed by atoms with E-state index >= 15 is 0 Å². The van der Waals surface area contributed by atoms with E-state index in [9.17, 15) is 13.6 Å². The molecule has 3 N–H and O–H groups in total. The van der Waals surface area contributed by atoms with Crippen molar-refractivity contribution in [3.8, 4) is 5.75 Å². The average molecular weight is 292 g/mol. The summed E-state index contributed by atoms with van der Waals surface area (Å²) < 4.78 is 32.0. The van der Waals surface area contributed by atoms with Crippen LogP contribution in [0.25, 0.3) is 0 Å². The molecule has 0 atom stereocenters. The van der Waals surface area contributed by atoms with Gasteiger partial charge >= 0.3 is 0 Å². The summed E-state index contributed by atoms with van der Waals surface area (Å²) in [5.74, 6) is -1.86. The first-order chi connectivity index (χ1) is 9.97. The summed E-state index contributed by atoms with van der Waals surface area (Å²) in [4.78, 5) is 11.7. The first-order valence-corrected chi connectivity index (χ1v) is 6.20. The molecule has 4 nitrogen and oxygen atoms in total. The van der Waals surface area contributed by atoms with E-state index in [4.69, 9.17) is 10.5 Å². The van der Waals surface area contributed by atoms with Crippen molar-refractivity contribution in [1.82, 2.24) is 0 Å². The summed E-state index contributed by atoms with van der Waals surface area (Å²) in [7, 11) is 0. The standard InChI is InChI=1S/C15H14F2N2O2/c1-9-7-10(18)5-6-13(9)21-8-14(20)19-15-11(16)3-2-4-12(15)17/h2-7H,8,18H2,1H3,(H,19,20). The Morgan fingerprint density at radius 1 is 1.24 bits per heavy atom. The van der Waals surface area contributed by atoms with Crippen molar-refractivity contribution in [2.75, 3.05) is 17.7 Å². The Balaban J connectivity index is 1.99. The predicted molar refractivity (Wildman–Crippen MR) is 76.1 cm³/mol. The van der Waals surface area contributed by atoms with E-state index in [0.717, 1.165) is 17.7 Å². The number of nitrogens with two attached hydrogens (primary N) is 1. The molecule has 110 valence electrons. The number of halogens is 2. The van der Waals surface area contributed by atoms with Gasteiger partial charge in [-0.25, -0.2) is 8.78 Å². The number of anilines is 2. The molecule has 0 aliphatic rings.